The molecular formula is C44H54N8O6S. The summed E-state index contributed by atoms with van der Waals surface area (Å²) in [4.78, 5) is 73.7. The summed E-state index contributed by atoms with van der Waals surface area (Å²) >= 11 is 1.61. The molecule has 14 nitrogen and oxygen atoms in total. The van der Waals surface area contributed by atoms with Gasteiger partial charge in [0, 0.05) is 18.0 Å². The maximum absolute atomic E-state index is 13.7. The van der Waals surface area contributed by atoms with E-state index in [0.29, 0.717) is 19.0 Å². The van der Waals surface area contributed by atoms with Crippen LogP contribution in [-0.2, 0) is 19.1 Å². The molecule has 2 aliphatic rings. The molecule has 4 N–H and O–H groups in total. The van der Waals surface area contributed by atoms with Crippen molar-refractivity contribution in [3.63, 3.8) is 0 Å². The first-order valence-corrected chi connectivity index (χ1v) is 21.1. The Hall–Kier alpha value is -5.70. The fourth-order valence-electron chi connectivity index (χ4n) is 8.30. The number of imidazole rings is 2. The van der Waals surface area contributed by atoms with Crippen molar-refractivity contribution in [2.75, 3.05) is 27.3 Å². The minimum Gasteiger partial charge on any atom is -0.453 e. The highest BCUT2D eigenvalue weighted by molar-refractivity contribution is 7.21. The van der Waals surface area contributed by atoms with Crippen molar-refractivity contribution in [3.8, 4) is 32.8 Å². The van der Waals surface area contributed by atoms with Gasteiger partial charge in [0.1, 0.15) is 28.6 Å². The van der Waals surface area contributed by atoms with Gasteiger partial charge in [0.05, 0.1) is 43.7 Å². The van der Waals surface area contributed by atoms with Gasteiger partial charge in [-0.25, -0.2) is 19.6 Å². The number of aromatic nitrogens is 4. The number of nitrogens with zero attached hydrogens (tertiary/aromatic N) is 4. The molecule has 0 bridgehead atoms. The molecule has 2 saturated heterocycles. The van der Waals surface area contributed by atoms with Gasteiger partial charge < -0.3 is 39.9 Å². The Morgan fingerprint density at radius 1 is 0.712 bits per heavy atom. The third-order valence-electron chi connectivity index (χ3n) is 11.5. The zero-order valence-corrected chi connectivity index (χ0v) is 35.7. The van der Waals surface area contributed by atoms with E-state index in [2.05, 4.69) is 89.0 Å². The van der Waals surface area contributed by atoms with E-state index >= 15 is 0 Å². The molecule has 0 spiro atoms. The molecule has 5 heterocycles. The van der Waals surface area contributed by atoms with Crippen LogP contribution in [0.5, 0.6) is 0 Å². The zero-order valence-electron chi connectivity index (χ0n) is 34.9. The summed E-state index contributed by atoms with van der Waals surface area (Å²) in [6.07, 6.45) is 2.13. The van der Waals surface area contributed by atoms with Crippen LogP contribution >= 0.6 is 11.3 Å². The molecular weight excluding hydrogens is 769 g/mol. The van der Waals surface area contributed by atoms with Gasteiger partial charge in [-0.2, -0.15) is 0 Å². The number of likely N-dealkylation sites (tertiary alicyclic amines) is 2. The van der Waals surface area contributed by atoms with Gasteiger partial charge in [-0.05, 0) is 64.8 Å². The number of methoxy groups -OCH3 is 2. The van der Waals surface area contributed by atoms with Crippen LogP contribution in [0, 0.1) is 23.7 Å². The van der Waals surface area contributed by atoms with Gasteiger partial charge in [-0.1, -0.05) is 90.1 Å². The maximum atomic E-state index is 13.7. The number of alkyl carbamates (subject to hydrolysis) is 2. The molecule has 2 aliphatic heterocycles. The topological polar surface area (TPSA) is 175 Å². The van der Waals surface area contributed by atoms with Gasteiger partial charge in [0.15, 0.2) is 0 Å². The summed E-state index contributed by atoms with van der Waals surface area (Å²) in [7, 11) is 2.59. The number of hydrogen-bond acceptors (Lipinski definition) is 9. The summed E-state index contributed by atoms with van der Waals surface area (Å²) in [5, 5.41) is 5.43. The highest BCUT2D eigenvalue weighted by Gasteiger charge is 2.41. The average Bonchev–Trinajstić information content (AvgIpc) is 4.07. The lowest BCUT2D eigenvalue weighted by Gasteiger charge is -2.30. The second kappa shape index (κ2) is 17.3. The molecule has 312 valence electrons. The first-order chi connectivity index (χ1) is 28.2. The quantitative estimate of drug-likeness (QED) is 0.104. The second-order valence-electron chi connectivity index (χ2n) is 16.7. The predicted molar refractivity (Wildman–Crippen MR) is 227 cm³/mol. The molecule has 0 radical (unpaired) electrons. The molecule has 2 fully saturated rings. The second-order valence-corrected chi connectivity index (χ2v) is 17.7. The van der Waals surface area contributed by atoms with Crippen molar-refractivity contribution < 1.29 is 28.7 Å². The van der Waals surface area contributed by atoms with Gasteiger partial charge in [-0.3, -0.25) is 9.59 Å². The molecule has 15 heteroatoms. The van der Waals surface area contributed by atoms with E-state index in [-0.39, 0.29) is 41.7 Å². The Kier molecular flexibility index (Phi) is 12.1. The summed E-state index contributed by atoms with van der Waals surface area (Å²) in [6, 6.07) is 17.1. The molecule has 3 aromatic heterocycles. The Bertz CT molecular complexity index is 2270. The van der Waals surface area contributed by atoms with Crippen molar-refractivity contribution in [2.24, 2.45) is 23.7 Å². The molecule has 3 unspecified atom stereocenters. The lowest BCUT2D eigenvalue weighted by molar-refractivity contribution is -0.136. The van der Waals surface area contributed by atoms with Gasteiger partial charge in [-0.15, -0.1) is 11.3 Å². The number of nitrogens with one attached hydrogen (secondary N) is 4. The molecule has 4 amide bonds. The first-order valence-electron chi connectivity index (χ1n) is 20.3. The van der Waals surface area contributed by atoms with Crippen molar-refractivity contribution in [2.45, 2.75) is 78.6 Å². The Morgan fingerprint density at radius 3 is 1.66 bits per heavy atom. The largest absolute Gasteiger partial charge is 0.453 e. The van der Waals surface area contributed by atoms with E-state index in [1.807, 2.05) is 43.7 Å². The fraction of sp³-hybridized carbons (Fsp3) is 0.455. The normalized spacial score (nSPS) is 20.3. The lowest BCUT2D eigenvalue weighted by atomic mass is 10.0. The number of hydrogen-bond donors (Lipinski definition) is 4. The highest BCUT2D eigenvalue weighted by atomic mass is 32.1. The lowest BCUT2D eigenvalue weighted by Crippen LogP contribution is -2.51. The zero-order chi connectivity index (χ0) is 42.1. The van der Waals surface area contributed by atoms with Crippen LogP contribution in [0.4, 0.5) is 9.59 Å². The van der Waals surface area contributed by atoms with Crippen molar-refractivity contribution in [1.29, 1.82) is 0 Å². The molecule has 6 atom stereocenters. The van der Waals surface area contributed by atoms with Crippen LogP contribution < -0.4 is 10.6 Å². The van der Waals surface area contributed by atoms with E-state index in [9.17, 15) is 19.2 Å². The number of carbonyl (C=O) groups excluding carboxylic acids is 4. The summed E-state index contributed by atoms with van der Waals surface area (Å²) in [5.41, 5.74) is 6.03. The molecule has 0 saturated carbocycles. The number of ether oxygens (including phenoxy) is 2. The van der Waals surface area contributed by atoms with Crippen LogP contribution in [0.3, 0.4) is 0 Å². The number of carbonyl (C=O) groups is 4. The number of thiophene rings is 1. The number of rotatable bonds is 11. The molecule has 0 aliphatic carbocycles. The van der Waals surface area contributed by atoms with Crippen LogP contribution in [0.15, 0.2) is 60.8 Å². The van der Waals surface area contributed by atoms with Crippen LogP contribution in [-0.4, -0.2) is 93.1 Å². The Morgan fingerprint density at radius 2 is 1.19 bits per heavy atom. The standard InChI is InChI=1S/C44H54N8O6S/c1-23(2)36(48-43(55)57-7)41(53)51-21-25(5)17-33(51)38-45-20-32(47-38)29-13-9-27(10-14-29)28-11-15-30(16-12-28)35-19-31-40(59-35)50-39(46-31)34-18-26(6)22-52(34)42(54)37(24(3)4)49-44(56)58-8/h9-16,19-20,23-26,33-34,36-37H,17-18,21-22H2,1-8H3,(H,45,47)(H,46,50)(H,48,55)(H,49,56)/t25?,26-,33-,34?,36?,37-/m0/s1. The minimum atomic E-state index is -0.697. The van der Waals surface area contributed by atoms with Crippen molar-refractivity contribution in [1.82, 2.24) is 40.4 Å². The minimum absolute atomic E-state index is 0.107. The van der Waals surface area contributed by atoms with E-state index in [0.717, 1.165) is 67.7 Å². The van der Waals surface area contributed by atoms with Crippen molar-refractivity contribution >= 4 is 45.7 Å². The van der Waals surface area contributed by atoms with Crippen molar-refractivity contribution in [3.05, 3.63) is 72.4 Å². The predicted octanol–water partition coefficient (Wildman–Crippen LogP) is 7.93. The SMILES string of the molecule is COC(=O)NC(C(=O)N1CC(C)C[C@H]1c1ncc(-c2ccc(-c3ccc(-c4cc5[nH]c(C6C[C@H](C)CN6C(=O)[C@@H](NC(=O)OC)C(C)C)nc5s4)cc3)cc2)[nH]1)C(C)C. The summed E-state index contributed by atoms with van der Waals surface area (Å²) in [6.45, 7) is 13.1. The number of aromatic amines is 2. The third kappa shape index (κ3) is 8.70. The third-order valence-corrected chi connectivity index (χ3v) is 12.6. The Labute approximate surface area is 348 Å². The average molecular weight is 823 g/mol. The van der Waals surface area contributed by atoms with E-state index in [1.54, 1.807) is 11.3 Å². The Balaban J connectivity index is 1.02. The van der Waals surface area contributed by atoms with Crippen LogP contribution in [0.2, 0.25) is 0 Å². The van der Waals surface area contributed by atoms with Gasteiger partial charge in [0.25, 0.3) is 0 Å². The monoisotopic (exact) mass is 822 g/mol. The first kappa shape index (κ1) is 41.5. The fourth-order valence-corrected chi connectivity index (χ4v) is 9.31. The van der Waals surface area contributed by atoms with Crippen LogP contribution in [0.25, 0.3) is 43.2 Å². The number of benzene rings is 2. The summed E-state index contributed by atoms with van der Waals surface area (Å²) in [5.74, 6) is 1.57. The maximum Gasteiger partial charge on any atom is 0.407 e. The van der Waals surface area contributed by atoms with Crippen LogP contribution in [0.1, 0.15) is 78.1 Å². The molecule has 59 heavy (non-hydrogen) atoms. The number of H-pyrrole nitrogens is 2. The van der Waals surface area contributed by atoms with Gasteiger partial charge in [0.2, 0.25) is 11.8 Å². The molecule has 7 rings (SSSR count). The van der Waals surface area contributed by atoms with E-state index in [1.165, 1.54) is 14.2 Å². The summed E-state index contributed by atoms with van der Waals surface area (Å²) < 4.78 is 9.57. The smallest absolute Gasteiger partial charge is 0.407 e. The molecule has 5 aromatic rings. The van der Waals surface area contributed by atoms with Gasteiger partial charge >= 0.3 is 12.2 Å². The molecule has 2 aromatic carbocycles. The number of amides is 4. The van der Waals surface area contributed by atoms with E-state index in [4.69, 9.17) is 19.4 Å². The van der Waals surface area contributed by atoms with E-state index < -0.39 is 24.3 Å². The number of fused-ring (bicyclic) bond motifs is 1. The highest BCUT2D eigenvalue weighted by Crippen LogP contribution is 2.40.